The van der Waals surface area contributed by atoms with Crippen LogP contribution in [0.2, 0.25) is 0 Å². The van der Waals surface area contributed by atoms with Crippen molar-refractivity contribution >= 4 is 35.0 Å². The van der Waals surface area contributed by atoms with E-state index in [2.05, 4.69) is 20.8 Å². The van der Waals surface area contributed by atoms with Crippen LogP contribution in [0.25, 0.3) is 0 Å². The van der Waals surface area contributed by atoms with E-state index in [4.69, 9.17) is 9.15 Å². The van der Waals surface area contributed by atoms with E-state index in [1.807, 2.05) is 6.92 Å². The van der Waals surface area contributed by atoms with Crippen molar-refractivity contribution < 1.29 is 23.7 Å². The molecule has 3 rings (SSSR count). The number of hydrogen-bond donors (Lipinski definition) is 2. The molecule has 0 radical (unpaired) electrons. The first-order chi connectivity index (χ1) is 15.9. The van der Waals surface area contributed by atoms with Gasteiger partial charge in [-0.3, -0.25) is 19.7 Å². The van der Waals surface area contributed by atoms with E-state index in [0.29, 0.717) is 12.3 Å². The van der Waals surface area contributed by atoms with Crippen LogP contribution in [0.1, 0.15) is 28.7 Å². The van der Waals surface area contributed by atoms with Crippen molar-refractivity contribution in [1.82, 2.24) is 15.5 Å². The molecule has 11 nitrogen and oxygen atoms in total. The molecular formula is C21H21N5O6S. The summed E-state index contributed by atoms with van der Waals surface area (Å²) < 4.78 is 10.8. The van der Waals surface area contributed by atoms with Gasteiger partial charge in [0.1, 0.15) is 5.75 Å². The summed E-state index contributed by atoms with van der Waals surface area (Å²) in [5.74, 6) is 0.155. The molecule has 0 saturated heterocycles. The lowest BCUT2D eigenvalue weighted by molar-refractivity contribution is -0.385. The standard InChI is InChI=1S/C21H21N5O6S/c1-3-31-15-9-7-14(8-10-15)23-18(27)12-33-21-25-24-19(32-21)11-22-20(28)16-5-4-6-17(13(16)2)26(29)30/h4-10H,3,11-12H2,1-2H3,(H,22,28)(H,23,27). The second kappa shape index (κ2) is 11.1. The Kier molecular flexibility index (Phi) is 7.97. The summed E-state index contributed by atoms with van der Waals surface area (Å²) in [5.41, 5.74) is 0.946. The van der Waals surface area contributed by atoms with Crippen molar-refractivity contribution in [3.8, 4) is 5.75 Å². The molecule has 0 spiro atoms. The maximum atomic E-state index is 12.4. The normalized spacial score (nSPS) is 10.5. The monoisotopic (exact) mass is 471 g/mol. The molecule has 33 heavy (non-hydrogen) atoms. The second-order valence-corrected chi connectivity index (χ2v) is 7.57. The summed E-state index contributed by atoms with van der Waals surface area (Å²) in [6.07, 6.45) is 0. The highest BCUT2D eigenvalue weighted by Crippen LogP contribution is 2.21. The molecule has 0 atom stereocenters. The summed E-state index contributed by atoms with van der Waals surface area (Å²) in [5, 5.41) is 24.2. The Morgan fingerprint density at radius 3 is 2.64 bits per heavy atom. The Balaban J connectivity index is 1.48. The summed E-state index contributed by atoms with van der Waals surface area (Å²) in [4.78, 5) is 35.0. The number of rotatable bonds is 10. The van der Waals surface area contributed by atoms with Gasteiger partial charge in [-0.2, -0.15) is 0 Å². The summed E-state index contributed by atoms with van der Waals surface area (Å²) in [6.45, 7) is 3.90. The number of nitrogens with zero attached hydrogens (tertiary/aromatic N) is 3. The molecule has 2 N–H and O–H groups in total. The number of nitrogens with one attached hydrogen (secondary N) is 2. The number of carbonyl (C=O) groups excluding carboxylic acids is 2. The first kappa shape index (κ1) is 23.7. The molecular weight excluding hydrogens is 450 g/mol. The van der Waals surface area contributed by atoms with E-state index in [-0.39, 0.29) is 46.1 Å². The van der Waals surface area contributed by atoms with E-state index in [9.17, 15) is 19.7 Å². The molecule has 0 aliphatic carbocycles. The van der Waals surface area contributed by atoms with Gasteiger partial charge >= 0.3 is 0 Å². The number of hydrogen-bond acceptors (Lipinski definition) is 9. The van der Waals surface area contributed by atoms with Gasteiger partial charge in [0, 0.05) is 22.9 Å². The number of carbonyl (C=O) groups is 2. The van der Waals surface area contributed by atoms with Crippen LogP contribution in [0.15, 0.2) is 52.1 Å². The third kappa shape index (κ3) is 6.53. The highest BCUT2D eigenvalue weighted by atomic mass is 32.2. The van der Waals surface area contributed by atoms with Crippen LogP contribution in [0.3, 0.4) is 0 Å². The molecule has 12 heteroatoms. The van der Waals surface area contributed by atoms with Crippen LogP contribution in [-0.2, 0) is 11.3 Å². The van der Waals surface area contributed by atoms with Crippen molar-refractivity contribution in [2.45, 2.75) is 25.6 Å². The maximum absolute atomic E-state index is 12.4. The van der Waals surface area contributed by atoms with Crippen LogP contribution in [0, 0.1) is 17.0 Å². The zero-order valence-electron chi connectivity index (χ0n) is 17.9. The van der Waals surface area contributed by atoms with Crippen molar-refractivity contribution in [3.63, 3.8) is 0 Å². The number of nitro groups is 1. The van der Waals surface area contributed by atoms with Crippen molar-refractivity contribution in [2.75, 3.05) is 17.7 Å². The first-order valence-electron chi connectivity index (χ1n) is 9.87. The quantitative estimate of drug-likeness (QED) is 0.258. The Hall–Kier alpha value is -3.93. The van der Waals surface area contributed by atoms with Crippen LogP contribution >= 0.6 is 11.8 Å². The van der Waals surface area contributed by atoms with Gasteiger partial charge in [-0.15, -0.1) is 10.2 Å². The van der Waals surface area contributed by atoms with Gasteiger partial charge < -0.3 is 19.8 Å². The minimum Gasteiger partial charge on any atom is -0.494 e. The number of benzene rings is 2. The van der Waals surface area contributed by atoms with E-state index < -0.39 is 10.8 Å². The number of aromatic nitrogens is 2. The number of ether oxygens (including phenoxy) is 1. The highest BCUT2D eigenvalue weighted by molar-refractivity contribution is 7.99. The molecule has 0 saturated carbocycles. The molecule has 172 valence electrons. The molecule has 0 fully saturated rings. The summed E-state index contributed by atoms with van der Waals surface area (Å²) in [7, 11) is 0. The number of thioether (sulfide) groups is 1. The highest BCUT2D eigenvalue weighted by Gasteiger charge is 2.18. The molecule has 1 aromatic heterocycles. The van der Waals surface area contributed by atoms with Gasteiger partial charge in [0.25, 0.3) is 16.8 Å². The van der Waals surface area contributed by atoms with Gasteiger partial charge in [0.2, 0.25) is 11.8 Å². The third-order valence-electron chi connectivity index (χ3n) is 4.37. The Morgan fingerprint density at radius 2 is 1.94 bits per heavy atom. The second-order valence-electron chi connectivity index (χ2n) is 6.65. The van der Waals surface area contributed by atoms with Crippen molar-refractivity contribution in [3.05, 3.63) is 69.6 Å². The minimum absolute atomic E-state index is 0.0497. The average Bonchev–Trinajstić information content (AvgIpc) is 3.25. The molecule has 2 amide bonds. The molecule has 1 heterocycles. The predicted molar refractivity (Wildman–Crippen MR) is 120 cm³/mol. The van der Waals surface area contributed by atoms with Crippen LogP contribution in [0.4, 0.5) is 11.4 Å². The molecule has 0 aliphatic rings. The smallest absolute Gasteiger partial charge is 0.277 e. The molecule has 2 aromatic carbocycles. The van der Waals surface area contributed by atoms with Gasteiger partial charge in [-0.05, 0) is 44.2 Å². The molecule has 0 aliphatic heterocycles. The van der Waals surface area contributed by atoms with E-state index >= 15 is 0 Å². The predicted octanol–water partition coefficient (Wildman–Crippen LogP) is 3.35. The Labute approximate surface area is 193 Å². The topological polar surface area (TPSA) is 149 Å². The Morgan fingerprint density at radius 1 is 1.18 bits per heavy atom. The van der Waals surface area contributed by atoms with E-state index in [0.717, 1.165) is 17.5 Å². The van der Waals surface area contributed by atoms with Crippen molar-refractivity contribution in [1.29, 1.82) is 0 Å². The SMILES string of the molecule is CCOc1ccc(NC(=O)CSc2nnc(CNC(=O)c3cccc([N+](=O)[O-])c3C)o2)cc1. The summed E-state index contributed by atoms with van der Waals surface area (Å²) in [6, 6.07) is 11.3. The molecule has 3 aromatic rings. The lowest BCUT2D eigenvalue weighted by Gasteiger charge is -2.06. The summed E-state index contributed by atoms with van der Waals surface area (Å²) >= 11 is 1.05. The zero-order valence-corrected chi connectivity index (χ0v) is 18.7. The molecule has 0 bridgehead atoms. The van der Waals surface area contributed by atoms with Crippen LogP contribution in [-0.4, -0.2) is 39.3 Å². The fraction of sp³-hybridized carbons (Fsp3) is 0.238. The largest absolute Gasteiger partial charge is 0.494 e. The van der Waals surface area contributed by atoms with Gasteiger partial charge in [0.15, 0.2) is 0 Å². The lowest BCUT2D eigenvalue weighted by Crippen LogP contribution is -2.24. The first-order valence-corrected chi connectivity index (χ1v) is 10.9. The Bertz CT molecular complexity index is 1150. The number of amides is 2. The van der Waals surface area contributed by atoms with Crippen LogP contribution in [0.5, 0.6) is 5.75 Å². The van der Waals surface area contributed by atoms with Gasteiger partial charge in [-0.1, -0.05) is 17.8 Å². The zero-order chi connectivity index (χ0) is 23.8. The average molecular weight is 471 g/mol. The molecule has 0 unspecified atom stereocenters. The van der Waals surface area contributed by atoms with E-state index in [1.54, 1.807) is 24.3 Å². The fourth-order valence-corrected chi connectivity index (χ4v) is 3.39. The maximum Gasteiger partial charge on any atom is 0.277 e. The van der Waals surface area contributed by atoms with Crippen molar-refractivity contribution in [2.24, 2.45) is 0 Å². The van der Waals surface area contributed by atoms with Gasteiger partial charge in [-0.25, -0.2) is 0 Å². The fourth-order valence-electron chi connectivity index (χ4n) is 2.81. The third-order valence-corrected chi connectivity index (χ3v) is 5.19. The van der Waals surface area contributed by atoms with E-state index in [1.165, 1.54) is 25.1 Å². The van der Waals surface area contributed by atoms with Crippen LogP contribution < -0.4 is 15.4 Å². The van der Waals surface area contributed by atoms with Gasteiger partial charge in [0.05, 0.1) is 23.8 Å². The number of nitro benzene ring substituents is 1. The number of anilines is 1. The minimum atomic E-state index is -0.542. The lowest BCUT2D eigenvalue weighted by atomic mass is 10.1.